The normalized spacial score (nSPS) is 17.1. The third kappa shape index (κ3) is 6.85. The Hall–Kier alpha value is -1.68. The van der Waals surface area contributed by atoms with Gasteiger partial charge in [-0.15, -0.1) is 0 Å². The predicted molar refractivity (Wildman–Crippen MR) is 86.6 cm³/mol. The van der Waals surface area contributed by atoms with Crippen LogP contribution in [0.15, 0.2) is 35.5 Å². The molecule has 0 aromatic carbocycles. The molecule has 122 valence electrons. The van der Waals surface area contributed by atoms with E-state index in [-0.39, 0.29) is 12.2 Å². The van der Waals surface area contributed by atoms with Crippen molar-refractivity contribution >= 4 is 11.8 Å². The van der Waals surface area contributed by atoms with Crippen molar-refractivity contribution in [3.63, 3.8) is 0 Å². The maximum absolute atomic E-state index is 11.6. The van der Waals surface area contributed by atoms with Crippen molar-refractivity contribution in [2.24, 2.45) is 0 Å². The Morgan fingerprint density at radius 2 is 2.05 bits per heavy atom. The summed E-state index contributed by atoms with van der Waals surface area (Å²) in [5.41, 5.74) is 1.96. The molecule has 1 aliphatic carbocycles. The number of hydrogen-bond acceptors (Lipinski definition) is 3. The van der Waals surface area contributed by atoms with Crippen molar-refractivity contribution < 1.29 is 19.8 Å². The molecule has 0 heterocycles. The van der Waals surface area contributed by atoms with Gasteiger partial charge < -0.3 is 10.2 Å². The molecule has 2 N–H and O–H groups in total. The van der Waals surface area contributed by atoms with Crippen molar-refractivity contribution in [1.29, 1.82) is 0 Å². The summed E-state index contributed by atoms with van der Waals surface area (Å²) in [6.07, 6.45) is 12.2. The summed E-state index contributed by atoms with van der Waals surface area (Å²) in [6.45, 7) is 1.98. The zero-order chi connectivity index (χ0) is 16.4. The van der Waals surface area contributed by atoms with Gasteiger partial charge in [-0.3, -0.25) is 9.59 Å². The van der Waals surface area contributed by atoms with Crippen LogP contribution in [0.25, 0.3) is 0 Å². The standard InChI is InChI=1S/C18H26O4/c1-2-16-14(11-13-17(16)20)10-12-15(19)8-6-4-3-5-7-9-18(21)22/h4,6,10,12,15,19H,2-3,5,7-9,11,13H2,1H3,(H,21,22)/b6-4-,12-10+/t15-/m0/s1. The lowest BCUT2D eigenvalue weighted by atomic mass is 10.1. The molecule has 0 saturated carbocycles. The molecule has 0 radical (unpaired) electrons. The van der Waals surface area contributed by atoms with Crippen LogP contribution in [-0.2, 0) is 9.59 Å². The van der Waals surface area contributed by atoms with E-state index in [1.54, 1.807) is 6.08 Å². The first-order chi connectivity index (χ1) is 10.5. The molecule has 0 amide bonds. The zero-order valence-electron chi connectivity index (χ0n) is 13.3. The number of allylic oxidation sites excluding steroid dienone is 4. The molecular formula is C18H26O4. The summed E-state index contributed by atoms with van der Waals surface area (Å²) in [7, 11) is 0. The summed E-state index contributed by atoms with van der Waals surface area (Å²) in [4.78, 5) is 21.9. The minimum atomic E-state index is -0.754. The van der Waals surface area contributed by atoms with Crippen molar-refractivity contribution in [2.45, 2.75) is 64.4 Å². The summed E-state index contributed by atoms with van der Waals surface area (Å²) < 4.78 is 0. The maximum atomic E-state index is 11.6. The lowest BCUT2D eigenvalue weighted by Gasteiger charge is -2.02. The van der Waals surface area contributed by atoms with Gasteiger partial charge in [-0.1, -0.05) is 31.2 Å². The van der Waals surface area contributed by atoms with Crippen molar-refractivity contribution in [1.82, 2.24) is 0 Å². The molecule has 0 fully saturated rings. The SMILES string of the molecule is CCC1=C(/C=C/[C@@H](O)C/C=C\CCCCC(=O)O)CCC1=O. The fourth-order valence-electron chi connectivity index (χ4n) is 2.53. The number of hydrogen-bond donors (Lipinski definition) is 2. The first-order valence-electron chi connectivity index (χ1n) is 8.02. The highest BCUT2D eigenvalue weighted by Crippen LogP contribution is 2.26. The van der Waals surface area contributed by atoms with E-state index < -0.39 is 12.1 Å². The van der Waals surface area contributed by atoms with E-state index in [9.17, 15) is 14.7 Å². The quantitative estimate of drug-likeness (QED) is 0.478. The smallest absolute Gasteiger partial charge is 0.303 e. The van der Waals surface area contributed by atoms with Gasteiger partial charge in [-0.2, -0.15) is 0 Å². The van der Waals surface area contributed by atoms with E-state index in [0.717, 1.165) is 36.8 Å². The van der Waals surface area contributed by atoms with Gasteiger partial charge in [0.2, 0.25) is 0 Å². The summed E-state index contributed by atoms with van der Waals surface area (Å²) >= 11 is 0. The van der Waals surface area contributed by atoms with E-state index in [0.29, 0.717) is 19.3 Å². The summed E-state index contributed by atoms with van der Waals surface area (Å²) in [6, 6.07) is 0. The molecule has 1 atom stereocenters. The number of carboxylic acid groups (broad SMARTS) is 1. The number of unbranched alkanes of at least 4 members (excludes halogenated alkanes) is 2. The van der Waals surface area contributed by atoms with E-state index in [1.165, 1.54) is 0 Å². The predicted octanol–water partition coefficient (Wildman–Crippen LogP) is 3.56. The van der Waals surface area contributed by atoms with Gasteiger partial charge in [-0.05, 0) is 49.7 Å². The molecular weight excluding hydrogens is 280 g/mol. The number of aliphatic hydroxyl groups is 1. The second kappa shape index (κ2) is 10.1. The Morgan fingerprint density at radius 3 is 2.73 bits per heavy atom. The molecule has 0 unspecified atom stereocenters. The second-order valence-electron chi connectivity index (χ2n) is 5.55. The lowest BCUT2D eigenvalue weighted by Crippen LogP contribution is -2.00. The van der Waals surface area contributed by atoms with Gasteiger partial charge in [0.25, 0.3) is 0 Å². The van der Waals surface area contributed by atoms with Gasteiger partial charge in [0.05, 0.1) is 6.10 Å². The highest BCUT2D eigenvalue weighted by atomic mass is 16.4. The van der Waals surface area contributed by atoms with E-state index >= 15 is 0 Å². The average Bonchev–Trinajstić information content (AvgIpc) is 2.83. The van der Waals surface area contributed by atoms with E-state index in [1.807, 2.05) is 25.2 Å². The van der Waals surface area contributed by atoms with Crippen molar-refractivity contribution in [3.8, 4) is 0 Å². The third-order valence-electron chi connectivity index (χ3n) is 3.77. The Morgan fingerprint density at radius 1 is 1.27 bits per heavy atom. The fourth-order valence-corrected chi connectivity index (χ4v) is 2.53. The number of rotatable bonds is 10. The van der Waals surface area contributed by atoms with Crippen LogP contribution >= 0.6 is 0 Å². The molecule has 1 rings (SSSR count). The molecule has 1 aliphatic rings. The lowest BCUT2D eigenvalue weighted by molar-refractivity contribution is -0.137. The number of carbonyl (C=O) groups is 2. The average molecular weight is 306 g/mol. The van der Waals surface area contributed by atoms with Crippen LogP contribution in [0.3, 0.4) is 0 Å². The van der Waals surface area contributed by atoms with Crippen LogP contribution in [0.1, 0.15) is 58.3 Å². The van der Waals surface area contributed by atoms with E-state index in [4.69, 9.17) is 5.11 Å². The number of carboxylic acids is 1. The van der Waals surface area contributed by atoms with E-state index in [2.05, 4.69) is 0 Å². The molecule has 0 spiro atoms. The molecule has 4 nitrogen and oxygen atoms in total. The molecule has 4 heteroatoms. The van der Waals surface area contributed by atoms with Crippen LogP contribution in [0.4, 0.5) is 0 Å². The number of aliphatic hydroxyl groups excluding tert-OH is 1. The molecule has 0 saturated heterocycles. The Labute approximate surface area is 132 Å². The zero-order valence-corrected chi connectivity index (χ0v) is 13.3. The van der Waals surface area contributed by atoms with Gasteiger partial charge in [0.15, 0.2) is 5.78 Å². The van der Waals surface area contributed by atoms with Crippen molar-refractivity contribution in [3.05, 3.63) is 35.5 Å². The van der Waals surface area contributed by atoms with Crippen LogP contribution in [0.5, 0.6) is 0 Å². The van der Waals surface area contributed by atoms with Crippen LogP contribution in [0.2, 0.25) is 0 Å². The van der Waals surface area contributed by atoms with Gasteiger partial charge in [0, 0.05) is 12.8 Å². The molecule has 0 aromatic heterocycles. The minimum absolute atomic E-state index is 0.215. The Balaban J connectivity index is 2.27. The first kappa shape index (κ1) is 18.4. The second-order valence-corrected chi connectivity index (χ2v) is 5.55. The third-order valence-corrected chi connectivity index (χ3v) is 3.77. The molecule has 0 aliphatic heterocycles. The van der Waals surface area contributed by atoms with Crippen molar-refractivity contribution in [2.75, 3.05) is 0 Å². The number of aliphatic carboxylic acids is 1. The first-order valence-corrected chi connectivity index (χ1v) is 8.02. The fraction of sp³-hybridized carbons (Fsp3) is 0.556. The summed E-state index contributed by atoms with van der Waals surface area (Å²) in [5.74, 6) is -0.520. The van der Waals surface area contributed by atoms with Gasteiger partial charge in [-0.25, -0.2) is 0 Å². The molecule has 0 bridgehead atoms. The highest BCUT2D eigenvalue weighted by Gasteiger charge is 2.19. The number of ketones is 1. The molecule has 0 aromatic rings. The summed E-state index contributed by atoms with van der Waals surface area (Å²) in [5, 5.41) is 18.4. The maximum Gasteiger partial charge on any atom is 0.303 e. The topological polar surface area (TPSA) is 74.6 Å². The Kier molecular flexibility index (Phi) is 8.44. The van der Waals surface area contributed by atoms with Crippen LogP contribution < -0.4 is 0 Å². The largest absolute Gasteiger partial charge is 0.481 e. The van der Waals surface area contributed by atoms with Crippen LogP contribution in [-0.4, -0.2) is 28.1 Å². The van der Waals surface area contributed by atoms with Crippen LogP contribution in [0, 0.1) is 0 Å². The molecule has 22 heavy (non-hydrogen) atoms. The number of carbonyl (C=O) groups excluding carboxylic acids is 1. The van der Waals surface area contributed by atoms with Gasteiger partial charge >= 0.3 is 5.97 Å². The number of Topliss-reactive ketones (excluding diaryl/α,β-unsaturated/α-hetero) is 1. The minimum Gasteiger partial charge on any atom is -0.481 e. The Bertz CT molecular complexity index is 471. The monoisotopic (exact) mass is 306 g/mol. The van der Waals surface area contributed by atoms with Gasteiger partial charge in [0.1, 0.15) is 0 Å². The highest BCUT2D eigenvalue weighted by molar-refractivity contribution is 5.99.